The molecule has 0 saturated heterocycles. The molecule has 0 aliphatic rings. The zero-order chi connectivity index (χ0) is 28.6. The molecule has 0 radical (unpaired) electrons. The summed E-state index contributed by atoms with van der Waals surface area (Å²) in [5.41, 5.74) is 2.49. The Morgan fingerprint density at radius 2 is 1.64 bits per heavy atom. The average molecular weight is 559 g/mol. The Labute approximate surface area is 224 Å². The van der Waals surface area contributed by atoms with Crippen LogP contribution in [-0.4, -0.2) is 60.4 Å². The first-order valence-corrected chi connectivity index (χ1v) is 12.6. The van der Waals surface area contributed by atoms with Crippen molar-refractivity contribution in [2.75, 3.05) is 39.3 Å². The van der Waals surface area contributed by atoms with Gasteiger partial charge in [-0.25, -0.2) is 13.8 Å². The minimum absolute atomic E-state index is 0.0319. The van der Waals surface area contributed by atoms with Crippen molar-refractivity contribution in [1.82, 2.24) is 5.43 Å². The first-order chi connectivity index (χ1) is 18.6. The lowest BCUT2D eigenvalue weighted by atomic mass is 10.2. The number of carbonyl (C=O) groups is 1. The topological polar surface area (TPSA) is 159 Å². The number of hydrazone groups is 1. The van der Waals surface area contributed by atoms with Gasteiger partial charge in [-0.2, -0.15) is 5.10 Å². The van der Waals surface area contributed by atoms with Crippen LogP contribution < -0.4 is 28.7 Å². The van der Waals surface area contributed by atoms with Crippen molar-refractivity contribution in [2.24, 2.45) is 5.10 Å². The SMILES string of the molecule is COc1ccc(OC)c(N(CC(=O)N/N=C/c2cccc([N+](=O)[O-])c2)S(=O)(=O)c2ccc(OC)c(OC)c2)c1. The van der Waals surface area contributed by atoms with E-state index in [0.717, 1.165) is 4.31 Å². The smallest absolute Gasteiger partial charge is 0.270 e. The highest BCUT2D eigenvalue weighted by Gasteiger charge is 2.31. The summed E-state index contributed by atoms with van der Waals surface area (Å²) in [4.78, 5) is 23.1. The van der Waals surface area contributed by atoms with Crippen LogP contribution in [0.25, 0.3) is 0 Å². The van der Waals surface area contributed by atoms with E-state index in [2.05, 4.69) is 10.5 Å². The Hall–Kier alpha value is -4.85. The molecule has 0 heterocycles. The second-order valence-corrected chi connectivity index (χ2v) is 9.57. The molecule has 0 fully saturated rings. The van der Waals surface area contributed by atoms with Crippen LogP contribution >= 0.6 is 0 Å². The second-order valence-electron chi connectivity index (χ2n) is 7.71. The summed E-state index contributed by atoms with van der Waals surface area (Å²) in [5, 5.41) is 14.8. The number of sulfonamides is 1. The maximum absolute atomic E-state index is 13.9. The van der Waals surface area contributed by atoms with Crippen LogP contribution in [0, 0.1) is 10.1 Å². The van der Waals surface area contributed by atoms with Crippen molar-refractivity contribution < 1.29 is 37.1 Å². The molecule has 0 bridgehead atoms. The summed E-state index contributed by atoms with van der Waals surface area (Å²) in [6.45, 7) is -0.702. The first-order valence-electron chi connectivity index (χ1n) is 11.2. The van der Waals surface area contributed by atoms with Crippen LogP contribution in [0.3, 0.4) is 0 Å². The quantitative estimate of drug-likeness (QED) is 0.200. The molecule has 0 spiro atoms. The van der Waals surface area contributed by atoms with Crippen molar-refractivity contribution >= 4 is 33.5 Å². The van der Waals surface area contributed by atoms with Gasteiger partial charge in [0.15, 0.2) is 11.5 Å². The molecule has 0 unspecified atom stereocenters. The predicted octanol–water partition coefficient (Wildman–Crippen LogP) is 2.97. The Morgan fingerprint density at radius 3 is 2.28 bits per heavy atom. The third kappa shape index (κ3) is 6.73. The van der Waals surface area contributed by atoms with Gasteiger partial charge in [-0.3, -0.25) is 19.2 Å². The van der Waals surface area contributed by atoms with Gasteiger partial charge in [0.25, 0.3) is 21.6 Å². The van der Waals surface area contributed by atoms with Crippen LogP contribution in [0.1, 0.15) is 5.56 Å². The molecular formula is C25H26N4O9S. The van der Waals surface area contributed by atoms with Gasteiger partial charge in [-0.05, 0) is 24.3 Å². The molecule has 0 saturated carbocycles. The van der Waals surface area contributed by atoms with Gasteiger partial charge in [0, 0.05) is 29.8 Å². The average Bonchev–Trinajstić information content (AvgIpc) is 2.95. The van der Waals surface area contributed by atoms with Crippen molar-refractivity contribution in [3.8, 4) is 23.0 Å². The molecule has 0 aliphatic heterocycles. The van der Waals surface area contributed by atoms with Gasteiger partial charge in [-0.15, -0.1) is 0 Å². The van der Waals surface area contributed by atoms with E-state index in [-0.39, 0.29) is 27.8 Å². The van der Waals surface area contributed by atoms with Crippen molar-refractivity contribution in [3.63, 3.8) is 0 Å². The van der Waals surface area contributed by atoms with E-state index in [0.29, 0.717) is 17.1 Å². The normalized spacial score (nSPS) is 11.1. The number of nitrogens with one attached hydrogen (secondary N) is 1. The molecule has 3 aromatic rings. The Kier molecular flexibility index (Phi) is 9.28. The van der Waals surface area contributed by atoms with Gasteiger partial charge in [-0.1, -0.05) is 12.1 Å². The zero-order valence-electron chi connectivity index (χ0n) is 21.5. The molecule has 13 nitrogen and oxygen atoms in total. The highest BCUT2D eigenvalue weighted by molar-refractivity contribution is 7.92. The lowest BCUT2D eigenvalue weighted by molar-refractivity contribution is -0.384. The van der Waals surface area contributed by atoms with Crippen LogP contribution in [0.15, 0.2) is 70.7 Å². The minimum Gasteiger partial charge on any atom is -0.497 e. The maximum Gasteiger partial charge on any atom is 0.270 e. The molecule has 206 valence electrons. The number of carbonyl (C=O) groups excluding carboxylic acids is 1. The largest absolute Gasteiger partial charge is 0.497 e. The molecule has 0 aromatic heterocycles. The highest BCUT2D eigenvalue weighted by atomic mass is 32.2. The Morgan fingerprint density at radius 1 is 0.949 bits per heavy atom. The summed E-state index contributed by atoms with van der Waals surface area (Å²) in [5.74, 6) is 0.165. The van der Waals surface area contributed by atoms with Crippen LogP contribution in [0.4, 0.5) is 11.4 Å². The van der Waals surface area contributed by atoms with Crippen molar-refractivity contribution in [1.29, 1.82) is 0 Å². The fourth-order valence-corrected chi connectivity index (χ4v) is 4.90. The number of ether oxygens (including phenoxy) is 4. The van der Waals surface area contributed by atoms with Gasteiger partial charge in [0.05, 0.1) is 50.2 Å². The molecule has 3 aromatic carbocycles. The van der Waals surface area contributed by atoms with Gasteiger partial charge < -0.3 is 18.9 Å². The van der Waals surface area contributed by atoms with E-state index in [1.165, 1.54) is 83.2 Å². The van der Waals surface area contributed by atoms with E-state index in [4.69, 9.17) is 18.9 Å². The molecule has 1 amide bonds. The van der Waals surface area contributed by atoms with E-state index in [1.54, 1.807) is 12.1 Å². The number of nitro groups is 1. The molecule has 14 heteroatoms. The monoisotopic (exact) mass is 558 g/mol. The number of methoxy groups -OCH3 is 4. The first kappa shape index (κ1) is 28.7. The fraction of sp³-hybridized carbons (Fsp3) is 0.200. The van der Waals surface area contributed by atoms with Crippen LogP contribution in [0.5, 0.6) is 23.0 Å². The number of nitrogens with zero attached hydrogens (tertiary/aromatic N) is 3. The number of hydrogen-bond donors (Lipinski definition) is 1. The Balaban J connectivity index is 1.99. The molecular weight excluding hydrogens is 532 g/mol. The van der Waals surface area contributed by atoms with E-state index >= 15 is 0 Å². The van der Waals surface area contributed by atoms with Gasteiger partial charge in [0.1, 0.15) is 18.0 Å². The van der Waals surface area contributed by atoms with Crippen LogP contribution in [-0.2, 0) is 14.8 Å². The molecule has 0 atom stereocenters. The fourth-order valence-electron chi connectivity index (χ4n) is 3.46. The number of non-ortho nitro benzene ring substituents is 1. The van der Waals surface area contributed by atoms with Crippen molar-refractivity contribution in [2.45, 2.75) is 4.90 Å². The molecule has 39 heavy (non-hydrogen) atoms. The Bertz CT molecular complexity index is 1490. The third-order valence-electron chi connectivity index (χ3n) is 5.37. The molecule has 0 aliphatic carbocycles. The van der Waals surface area contributed by atoms with E-state index in [1.807, 2.05) is 0 Å². The third-order valence-corrected chi connectivity index (χ3v) is 7.12. The number of rotatable bonds is 12. The maximum atomic E-state index is 13.9. The molecule has 1 N–H and O–H groups in total. The summed E-state index contributed by atoms with van der Waals surface area (Å²) >= 11 is 0. The summed E-state index contributed by atoms with van der Waals surface area (Å²) in [6, 6.07) is 14.1. The van der Waals surface area contributed by atoms with Crippen LogP contribution in [0.2, 0.25) is 0 Å². The molecule has 3 rings (SSSR count). The lowest BCUT2D eigenvalue weighted by Crippen LogP contribution is -2.39. The number of hydrogen-bond acceptors (Lipinski definition) is 10. The second kappa shape index (κ2) is 12.6. The van der Waals surface area contributed by atoms with E-state index in [9.17, 15) is 23.3 Å². The summed E-state index contributed by atoms with van der Waals surface area (Å²) < 4.78 is 49.6. The lowest BCUT2D eigenvalue weighted by Gasteiger charge is -2.26. The number of anilines is 1. The number of nitro benzene ring substituents is 1. The van der Waals surface area contributed by atoms with Gasteiger partial charge in [0.2, 0.25) is 0 Å². The van der Waals surface area contributed by atoms with Gasteiger partial charge >= 0.3 is 0 Å². The predicted molar refractivity (Wildman–Crippen MR) is 142 cm³/mol. The standard InChI is InChI=1S/C25H26N4O9S/c1-35-19-8-10-22(36-2)21(13-19)28(39(33,34)20-9-11-23(37-3)24(14-20)38-4)16-25(30)27-26-15-17-6-5-7-18(12-17)29(31)32/h5-15H,16H2,1-4H3,(H,27,30)/b26-15+. The number of benzene rings is 3. The minimum atomic E-state index is -4.38. The summed E-state index contributed by atoms with van der Waals surface area (Å²) in [7, 11) is 1.17. The zero-order valence-corrected chi connectivity index (χ0v) is 22.3. The summed E-state index contributed by atoms with van der Waals surface area (Å²) in [6.07, 6.45) is 1.20. The number of amides is 1. The highest BCUT2D eigenvalue weighted by Crippen LogP contribution is 2.37. The van der Waals surface area contributed by atoms with Crippen molar-refractivity contribution in [3.05, 3.63) is 76.3 Å². The van der Waals surface area contributed by atoms with E-state index < -0.39 is 27.4 Å².